The van der Waals surface area contributed by atoms with E-state index in [-0.39, 0.29) is 5.91 Å². The van der Waals surface area contributed by atoms with Crippen molar-refractivity contribution < 1.29 is 9.90 Å². The number of aliphatic hydroxyl groups excluding tert-OH is 1. The fourth-order valence-electron chi connectivity index (χ4n) is 3.02. The Morgan fingerprint density at radius 1 is 1.14 bits per heavy atom. The van der Waals surface area contributed by atoms with Crippen LogP contribution in [0.1, 0.15) is 47.3 Å². The molecule has 1 atom stereocenters. The van der Waals surface area contributed by atoms with Crippen molar-refractivity contribution in [2.75, 3.05) is 0 Å². The minimum Gasteiger partial charge on any atom is -0.384 e. The summed E-state index contributed by atoms with van der Waals surface area (Å²) >= 11 is 0. The number of nitrogens with zero attached hydrogens (tertiary/aromatic N) is 1. The normalized spacial score (nSPS) is 14.8. The van der Waals surface area contributed by atoms with Crippen LogP contribution in [-0.2, 0) is 17.9 Å². The van der Waals surface area contributed by atoms with Crippen LogP contribution in [-0.4, -0.2) is 15.9 Å². The van der Waals surface area contributed by atoms with Gasteiger partial charge in [0.05, 0.1) is 0 Å². The van der Waals surface area contributed by atoms with Crippen molar-refractivity contribution in [3.05, 3.63) is 70.3 Å². The Hall–Kier alpha value is -2.13. The molecule has 0 radical (unpaired) electrons. The first kappa shape index (κ1) is 14.8. The minimum atomic E-state index is -0.624. The lowest BCUT2D eigenvalue weighted by molar-refractivity contribution is -0.131. The van der Waals surface area contributed by atoms with Crippen LogP contribution in [0.3, 0.4) is 0 Å². The molecule has 1 aliphatic rings. The van der Waals surface area contributed by atoms with Gasteiger partial charge in [0.25, 0.3) is 0 Å². The van der Waals surface area contributed by atoms with Crippen LogP contribution < -0.4 is 0 Å². The van der Waals surface area contributed by atoms with Gasteiger partial charge in [0.1, 0.15) is 6.10 Å². The molecule has 0 fully saturated rings. The van der Waals surface area contributed by atoms with Gasteiger partial charge in [-0.1, -0.05) is 55.0 Å². The molecule has 0 saturated heterocycles. The summed E-state index contributed by atoms with van der Waals surface area (Å²) in [6, 6.07) is 14.0. The number of carbonyl (C=O) groups is 1. The van der Waals surface area contributed by atoms with E-state index in [9.17, 15) is 9.90 Å². The molecule has 0 saturated carbocycles. The number of rotatable bonds is 3. The van der Waals surface area contributed by atoms with Gasteiger partial charge in [-0.25, -0.2) is 0 Å². The van der Waals surface area contributed by atoms with Crippen molar-refractivity contribution in [2.45, 2.75) is 39.5 Å². The van der Waals surface area contributed by atoms with Crippen molar-refractivity contribution >= 4 is 5.91 Å². The number of benzene rings is 2. The molecule has 0 spiro atoms. The van der Waals surface area contributed by atoms with Crippen LogP contribution in [0.15, 0.2) is 42.5 Å². The van der Waals surface area contributed by atoms with Gasteiger partial charge in [0, 0.05) is 19.5 Å². The molecule has 0 aliphatic carbocycles. The summed E-state index contributed by atoms with van der Waals surface area (Å²) in [6.07, 6.45) is -0.0895. The van der Waals surface area contributed by atoms with E-state index in [4.69, 9.17) is 0 Å². The molecule has 3 nitrogen and oxygen atoms in total. The number of aryl methyl sites for hydroxylation is 1. The lowest BCUT2D eigenvalue weighted by Crippen LogP contribution is -2.23. The topological polar surface area (TPSA) is 40.5 Å². The van der Waals surface area contributed by atoms with Crippen molar-refractivity contribution in [3.63, 3.8) is 0 Å². The van der Waals surface area contributed by atoms with Crippen LogP contribution in [0.5, 0.6) is 0 Å². The van der Waals surface area contributed by atoms with Crippen LogP contribution in [0, 0.1) is 6.92 Å². The average Bonchev–Trinajstić information content (AvgIpc) is 2.96. The highest BCUT2D eigenvalue weighted by Gasteiger charge is 2.23. The Morgan fingerprint density at radius 3 is 2.59 bits per heavy atom. The van der Waals surface area contributed by atoms with Crippen molar-refractivity contribution in [1.29, 1.82) is 0 Å². The van der Waals surface area contributed by atoms with E-state index in [0.29, 0.717) is 19.5 Å². The average molecular weight is 295 g/mol. The summed E-state index contributed by atoms with van der Waals surface area (Å²) in [4.78, 5) is 13.7. The Bertz CT molecular complexity index is 708. The highest BCUT2D eigenvalue weighted by molar-refractivity contribution is 5.76. The van der Waals surface area contributed by atoms with E-state index >= 15 is 0 Å². The maximum Gasteiger partial charge on any atom is 0.222 e. The van der Waals surface area contributed by atoms with Gasteiger partial charge in [-0.3, -0.25) is 4.79 Å². The monoisotopic (exact) mass is 295 g/mol. The lowest BCUT2D eigenvalue weighted by atomic mass is 9.97. The fourth-order valence-corrected chi connectivity index (χ4v) is 3.02. The molecule has 1 aliphatic heterocycles. The van der Waals surface area contributed by atoms with Crippen LogP contribution in [0.4, 0.5) is 0 Å². The largest absolute Gasteiger partial charge is 0.384 e. The van der Waals surface area contributed by atoms with Crippen LogP contribution in [0.2, 0.25) is 0 Å². The molecule has 2 aromatic carbocycles. The molecule has 1 N–H and O–H groups in total. The first-order valence-corrected chi connectivity index (χ1v) is 7.72. The highest BCUT2D eigenvalue weighted by Crippen LogP contribution is 2.29. The van der Waals surface area contributed by atoms with E-state index in [2.05, 4.69) is 0 Å². The zero-order valence-corrected chi connectivity index (χ0v) is 13.0. The molecule has 22 heavy (non-hydrogen) atoms. The second-order valence-corrected chi connectivity index (χ2v) is 5.95. The van der Waals surface area contributed by atoms with Crippen molar-refractivity contribution in [1.82, 2.24) is 4.90 Å². The quantitative estimate of drug-likeness (QED) is 0.943. The zero-order valence-electron chi connectivity index (χ0n) is 13.0. The maximum absolute atomic E-state index is 11.8. The van der Waals surface area contributed by atoms with Crippen LogP contribution in [0.25, 0.3) is 0 Å². The predicted molar refractivity (Wildman–Crippen MR) is 86.2 cm³/mol. The Labute approximate surface area is 131 Å². The van der Waals surface area contributed by atoms with E-state index in [1.165, 1.54) is 5.56 Å². The molecule has 3 heteroatoms. The summed E-state index contributed by atoms with van der Waals surface area (Å²) in [5, 5.41) is 10.6. The van der Waals surface area contributed by atoms with Gasteiger partial charge in [0.15, 0.2) is 0 Å². The predicted octanol–water partition coefficient (Wildman–Crippen LogP) is 3.33. The van der Waals surface area contributed by atoms with Gasteiger partial charge in [-0.2, -0.15) is 0 Å². The number of hydrogen-bond acceptors (Lipinski definition) is 2. The van der Waals surface area contributed by atoms with Crippen molar-refractivity contribution in [2.24, 2.45) is 0 Å². The summed E-state index contributed by atoms with van der Waals surface area (Å²) in [7, 11) is 0. The molecule has 0 aromatic heterocycles. The van der Waals surface area contributed by atoms with Gasteiger partial charge in [-0.05, 0) is 29.2 Å². The third-order valence-corrected chi connectivity index (χ3v) is 4.28. The maximum atomic E-state index is 11.8. The van der Waals surface area contributed by atoms with Crippen molar-refractivity contribution in [3.8, 4) is 0 Å². The molecule has 1 heterocycles. The highest BCUT2D eigenvalue weighted by atomic mass is 16.3. The van der Waals surface area contributed by atoms with E-state index < -0.39 is 6.10 Å². The fraction of sp³-hybridized carbons (Fsp3) is 0.316. The molecule has 3 rings (SSSR count). The van der Waals surface area contributed by atoms with Gasteiger partial charge in [-0.15, -0.1) is 0 Å². The zero-order chi connectivity index (χ0) is 15.7. The molecule has 114 valence electrons. The first-order chi connectivity index (χ1) is 10.6. The summed E-state index contributed by atoms with van der Waals surface area (Å²) in [5.74, 6) is 0.178. The first-order valence-electron chi connectivity index (χ1n) is 7.72. The number of amides is 1. The Kier molecular flexibility index (Phi) is 3.99. The molecular weight excluding hydrogens is 274 g/mol. The van der Waals surface area contributed by atoms with Gasteiger partial charge in [0.2, 0.25) is 5.91 Å². The van der Waals surface area contributed by atoms with Gasteiger partial charge < -0.3 is 10.0 Å². The number of aliphatic hydroxyl groups is 1. The third-order valence-electron chi connectivity index (χ3n) is 4.28. The molecular formula is C19H21NO2. The molecule has 1 amide bonds. The Morgan fingerprint density at radius 2 is 1.86 bits per heavy atom. The SMILES string of the molecule is CCC(=O)N1Cc2ccc(C(O)c3cccc(C)c3)cc2C1. The third kappa shape index (κ3) is 2.77. The summed E-state index contributed by atoms with van der Waals surface area (Å²) in [5.41, 5.74) is 5.25. The number of hydrogen-bond donors (Lipinski definition) is 1. The summed E-state index contributed by atoms with van der Waals surface area (Å²) < 4.78 is 0. The molecule has 0 bridgehead atoms. The number of fused-ring (bicyclic) bond motifs is 1. The molecule has 2 aromatic rings. The smallest absolute Gasteiger partial charge is 0.222 e. The minimum absolute atomic E-state index is 0.178. The number of carbonyl (C=O) groups excluding carboxylic acids is 1. The van der Waals surface area contributed by atoms with E-state index in [1.807, 2.05) is 61.2 Å². The van der Waals surface area contributed by atoms with Crippen LogP contribution >= 0.6 is 0 Å². The van der Waals surface area contributed by atoms with E-state index in [0.717, 1.165) is 22.3 Å². The molecule has 1 unspecified atom stereocenters. The second-order valence-electron chi connectivity index (χ2n) is 5.95. The lowest BCUT2D eigenvalue weighted by Gasteiger charge is -2.14. The van der Waals surface area contributed by atoms with E-state index in [1.54, 1.807) is 0 Å². The van der Waals surface area contributed by atoms with Gasteiger partial charge >= 0.3 is 0 Å². The Balaban J connectivity index is 1.85. The summed E-state index contributed by atoms with van der Waals surface area (Å²) in [6.45, 7) is 5.24. The second kappa shape index (κ2) is 5.93. The standard InChI is InChI=1S/C19H21NO2/c1-3-18(21)20-11-16-8-7-15(10-17(16)12-20)19(22)14-6-4-5-13(2)9-14/h4-10,19,22H,3,11-12H2,1-2H3.